The highest BCUT2D eigenvalue weighted by Crippen LogP contribution is 2.41. The summed E-state index contributed by atoms with van der Waals surface area (Å²) >= 11 is 0. The van der Waals surface area contributed by atoms with E-state index >= 15 is 0 Å². The van der Waals surface area contributed by atoms with Gasteiger partial charge in [-0.25, -0.2) is 0 Å². The second kappa shape index (κ2) is 12.6. The zero-order valence-corrected chi connectivity index (χ0v) is 31.1. The number of furan rings is 1. The minimum absolute atomic E-state index is 0.185. The molecule has 0 spiro atoms. The van der Waals surface area contributed by atoms with Gasteiger partial charge in [0.2, 0.25) is 0 Å². The molecule has 1 unspecified atom stereocenters. The van der Waals surface area contributed by atoms with Gasteiger partial charge in [0.05, 0.1) is 17.1 Å². The number of benzene rings is 8. The highest BCUT2D eigenvalue weighted by molar-refractivity contribution is 6.10. The second-order valence-corrected chi connectivity index (χ2v) is 15.3. The van der Waals surface area contributed by atoms with Crippen LogP contribution in [0.15, 0.2) is 199 Å². The summed E-state index contributed by atoms with van der Waals surface area (Å²) in [4.78, 5) is 0. The van der Waals surface area contributed by atoms with Gasteiger partial charge in [0, 0.05) is 55.6 Å². The number of allylic oxidation sites excluding steroid dienone is 1. The number of para-hydroxylation sites is 4. The standard InChI is InChI=1S/C54H36N2O/c1-5-22-49-43(18-1)44-19-2-6-23-50(44)55(49)41-17-11-16-39(32-41)37-14-9-12-35(30-37)36-13-10-15-38(31-36)40-26-28-53-47(33-40)48-34-42(27-29-54(48)57-53)56-51-24-7-3-20-45(51)46-21-4-8-25-52(46)56/h1-33,42H,34H2. The van der Waals surface area contributed by atoms with Crippen molar-refractivity contribution in [2.24, 2.45) is 0 Å². The lowest BCUT2D eigenvalue weighted by Gasteiger charge is -2.21. The van der Waals surface area contributed by atoms with Gasteiger partial charge in [0.25, 0.3) is 0 Å². The average Bonchev–Trinajstić information content (AvgIpc) is 3.94. The molecule has 1 aliphatic carbocycles. The van der Waals surface area contributed by atoms with Gasteiger partial charge < -0.3 is 13.6 Å². The molecule has 1 aliphatic rings. The monoisotopic (exact) mass is 728 g/mol. The van der Waals surface area contributed by atoms with E-state index < -0.39 is 0 Å². The smallest absolute Gasteiger partial charge is 0.135 e. The number of aromatic nitrogens is 2. The van der Waals surface area contributed by atoms with Crippen LogP contribution in [0, 0.1) is 0 Å². The first-order valence-corrected chi connectivity index (χ1v) is 19.8. The van der Waals surface area contributed by atoms with Gasteiger partial charge in [-0.3, -0.25) is 0 Å². The molecule has 0 saturated heterocycles. The minimum atomic E-state index is 0.185. The average molecular weight is 729 g/mol. The molecule has 0 fully saturated rings. The molecule has 3 heteroatoms. The lowest BCUT2D eigenvalue weighted by molar-refractivity contribution is 0.572. The molecule has 11 aromatic rings. The molecule has 8 aromatic carbocycles. The maximum absolute atomic E-state index is 6.45. The third-order valence-electron chi connectivity index (χ3n) is 12.1. The van der Waals surface area contributed by atoms with Crippen LogP contribution in [-0.2, 0) is 6.42 Å². The van der Waals surface area contributed by atoms with Crippen LogP contribution in [0.3, 0.4) is 0 Å². The maximum Gasteiger partial charge on any atom is 0.135 e. The summed E-state index contributed by atoms with van der Waals surface area (Å²) in [6, 6.07) is 68.5. The summed E-state index contributed by atoms with van der Waals surface area (Å²) in [5, 5.41) is 6.32. The summed E-state index contributed by atoms with van der Waals surface area (Å²) in [6.45, 7) is 0. The number of fused-ring (bicyclic) bond motifs is 9. The van der Waals surface area contributed by atoms with Gasteiger partial charge in [-0.05, 0) is 100 Å². The van der Waals surface area contributed by atoms with E-state index in [0.29, 0.717) is 0 Å². The molecule has 3 heterocycles. The SMILES string of the molecule is C1=CC(n2c3ccccc3c3ccccc32)Cc2c1oc1ccc(-c3cccc(-c4cccc(-c5cccc(-n6c7ccccc7c7ccccc76)c5)c4)c3)cc21. The van der Waals surface area contributed by atoms with Crippen LogP contribution in [0.2, 0.25) is 0 Å². The molecule has 0 amide bonds. The van der Waals surface area contributed by atoms with E-state index in [4.69, 9.17) is 4.42 Å². The van der Waals surface area contributed by atoms with Crippen LogP contribution in [-0.4, -0.2) is 9.13 Å². The number of hydrogen-bond acceptors (Lipinski definition) is 1. The maximum atomic E-state index is 6.45. The van der Waals surface area contributed by atoms with Crippen molar-refractivity contribution in [1.29, 1.82) is 0 Å². The van der Waals surface area contributed by atoms with Crippen molar-refractivity contribution in [2.45, 2.75) is 12.5 Å². The number of nitrogens with zero attached hydrogens (tertiary/aromatic N) is 2. The van der Waals surface area contributed by atoms with Crippen molar-refractivity contribution in [2.75, 3.05) is 0 Å². The predicted molar refractivity (Wildman–Crippen MR) is 238 cm³/mol. The van der Waals surface area contributed by atoms with E-state index in [1.807, 2.05) is 0 Å². The van der Waals surface area contributed by atoms with Crippen LogP contribution in [0.5, 0.6) is 0 Å². The molecule has 0 aliphatic heterocycles. The van der Waals surface area contributed by atoms with E-state index in [1.165, 1.54) is 87.9 Å². The fourth-order valence-corrected chi connectivity index (χ4v) is 9.44. The van der Waals surface area contributed by atoms with E-state index in [9.17, 15) is 0 Å². The van der Waals surface area contributed by atoms with E-state index in [1.54, 1.807) is 0 Å². The molecule has 0 N–H and O–H groups in total. The van der Waals surface area contributed by atoms with Gasteiger partial charge in [-0.2, -0.15) is 0 Å². The Balaban J connectivity index is 0.886. The van der Waals surface area contributed by atoms with Crippen LogP contribution >= 0.6 is 0 Å². The fraction of sp³-hybridized carbons (Fsp3) is 0.0370. The van der Waals surface area contributed by atoms with Crippen LogP contribution < -0.4 is 0 Å². The number of rotatable bonds is 5. The highest BCUT2D eigenvalue weighted by Gasteiger charge is 2.24. The van der Waals surface area contributed by atoms with Crippen molar-refractivity contribution in [3.8, 4) is 39.1 Å². The van der Waals surface area contributed by atoms with Crippen molar-refractivity contribution in [1.82, 2.24) is 9.13 Å². The Kier molecular flexibility index (Phi) is 7.05. The summed E-state index contributed by atoms with van der Waals surface area (Å²) in [7, 11) is 0. The van der Waals surface area contributed by atoms with Crippen molar-refractivity contribution < 1.29 is 4.42 Å². The van der Waals surface area contributed by atoms with E-state index in [2.05, 4.69) is 209 Å². The van der Waals surface area contributed by atoms with Crippen LogP contribution in [0.25, 0.3) is 99.7 Å². The van der Waals surface area contributed by atoms with Gasteiger partial charge in [0.15, 0.2) is 0 Å². The Morgan fingerprint density at radius 1 is 0.404 bits per heavy atom. The van der Waals surface area contributed by atoms with Gasteiger partial charge in [0.1, 0.15) is 11.3 Å². The first kappa shape index (κ1) is 31.9. The van der Waals surface area contributed by atoms with Gasteiger partial charge in [-0.1, -0.05) is 133 Å². The third-order valence-corrected chi connectivity index (χ3v) is 12.1. The zero-order chi connectivity index (χ0) is 37.5. The molecule has 0 bridgehead atoms. The van der Waals surface area contributed by atoms with E-state index in [0.717, 1.165) is 23.5 Å². The molecule has 3 aromatic heterocycles. The normalized spacial score (nSPS) is 14.0. The van der Waals surface area contributed by atoms with Crippen molar-refractivity contribution in [3.63, 3.8) is 0 Å². The number of hydrogen-bond donors (Lipinski definition) is 0. The quantitative estimate of drug-likeness (QED) is 0.173. The molecule has 3 nitrogen and oxygen atoms in total. The lowest BCUT2D eigenvalue weighted by atomic mass is 9.93. The van der Waals surface area contributed by atoms with Crippen LogP contribution in [0.1, 0.15) is 17.4 Å². The van der Waals surface area contributed by atoms with Gasteiger partial charge >= 0.3 is 0 Å². The summed E-state index contributed by atoms with van der Waals surface area (Å²) in [5.41, 5.74) is 15.5. The van der Waals surface area contributed by atoms with Crippen molar-refractivity contribution >= 4 is 60.7 Å². The first-order chi connectivity index (χ1) is 28.2. The Bertz CT molecular complexity index is 3300. The largest absolute Gasteiger partial charge is 0.456 e. The predicted octanol–water partition coefficient (Wildman–Crippen LogP) is 14.4. The summed E-state index contributed by atoms with van der Waals surface area (Å²) in [5.74, 6) is 0.965. The molecule has 0 radical (unpaired) electrons. The second-order valence-electron chi connectivity index (χ2n) is 15.3. The molecular formula is C54H36N2O. The minimum Gasteiger partial charge on any atom is -0.456 e. The first-order valence-electron chi connectivity index (χ1n) is 19.8. The van der Waals surface area contributed by atoms with Crippen LogP contribution in [0.4, 0.5) is 0 Å². The molecule has 1 atom stereocenters. The molecular weight excluding hydrogens is 693 g/mol. The summed E-state index contributed by atoms with van der Waals surface area (Å²) < 4.78 is 11.3. The molecule has 0 saturated carbocycles. The Morgan fingerprint density at radius 3 is 1.46 bits per heavy atom. The topological polar surface area (TPSA) is 23.0 Å². The van der Waals surface area contributed by atoms with Crippen molar-refractivity contribution in [3.05, 3.63) is 205 Å². The third kappa shape index (κ3) is 5.06. The van der Waals surface area contributed by atoms with E-state index in [-0.39, 0.29) is 6.04 Å². The summed E-state index contributed by atoms with van der Waals surface area (Å²) in [6.07, 6.45) is 5.36. The lowest BCUT2D eigenvalue weighted by Crippen LogP contribution is -2.12. The molecule has 57 heavy (non-hydrogen) atoms. The van der Waals surface area contributed by atoms with Gasteiger partial charge in [-0.15, -0.1) is 0 Å². The Hall–Kier alpha value is -7.36. The zero-order valence-electron chi connectivity index (χ0n) is 31.1. The Morgan fingerprint density at radius 2 is 0.877 bits per heavy atom. The molecule has 12 rings (SSSR count). The Labute approximate surface area is 330 Å². The highest BCUT2D eigenvalue weighted by atomic mass is 16.3. The molecule has 268 valence electrons. The fourth-order valence-electron chi connectivity index (χ4n) is 9.44.